The average molecular weight is 228 g/mol. The van der Waals surface area contributed by atoms with Crippen molar-refractivity contribution >= 4 is 12.2 Å². The molecule has 0 bridgehead atoms. The van der Waals surface area contributed by atoms with Gasteiger partial charge in [-0.15, -0.1) is 0 Å². The van der Waals surface area contributed by atoms with Crippen LogP contribution in [0.15, 0.2) is 0 Å². The van der Waals surface area contributed by atoms with Gasteiger partial charge in [-0.1, -0.05) is 0 Å². The van der Waals surface area contributed by atoms with Crippen LogP contribution < -0.4 is 4.74 Å². The Balaban J connectivity index is 3.48. The molecule has 0 saturated carbocycles. The van der Waals surface area contributed by atoms with Gasteiger partial charge in [0.15, 0.2) is 5.56 Å². The van der Waals surface area contributed by atoms with Crippen molar-refractivity contribution in [2.45, 2.75) is 6.18 Å². The second-order valence-electron chi connectivity index (χ2n) is 2.24. The molecule has 0 aliphatic rings. The van der Waals surface area contributed by atoms with Crippen LogP contribution in [0.25, 0.3) is 0 Å². The van der Waals surface area contributed by atoms with Crippen molar-refractivity contribution in [3.63, 3.8) is 0 Å². The Labute approximate surface area is 80.7 Å². The second kappa shape index (κ2) is 3.52. The summed E-state index contributed by atoms with van der Waals surface area (Å²) in [4.78, 5) is 4.85. The standard InChI is InChI=1S/C6H4F4N2OS/c1-13-4-2(6(8,9)10)3(7)11-5(14)12-4/h1H3,(H,11,12,14). The van der Waals surface area contributed by atoms with Gasteiger partial charge in [-0.25, -0.2) is 0 Å². The lowest BCUT2D eigenvalue weighted by atomic mass is 10.3. The number of H-pyrrole nitrogens is 1. The lowest BCUT2D eigenvalue weighted by molar-refractivity contribution is -0.142. The van der Waals surface area contributed by atoms with Crippen molar-refractivity contribution in [3.05, 3.63) is 16.3 Å². The fourth-order valence-corrected chi connectivity index (χ4v) is 0.992. The molecule has 0 aliphatic carbocycles. The normalized spacial score (nSPS) is 11.5. The smallest absolute Gasteiger partial charge is 0.425 e. The summed E-state index contributed by atoms with van der Waals surface area (Å²) in [6.07, 6.45) is -4.87. The highest BCUT2D eigenvalue weighted by Crippen LogP contribution is 2.35. The van der Waals surface area contributed by atoms with E-state index in [1.807, 2.05) is 0 Å². The number of ether oxygens (including phenoxy) is 1. The molecule has 0 radical (unpaired) electrons. The van der Waals surface area contributed by atoms with E-state index in [0.29, 0.717) is 0 Å². The summed E-state index contributed by atoms with van der Waals surface area (Å²) < 4.78 is 53.3. The van der Waals surface area contributed by atoms with Crippen LogP contribution >= 0.6 is 12.2 Å². The maximum Gasteiger partial charge on any atom is 0.425 e. The van der Waals surface area contributed by atoms with E-state index in [0.717, 1.165) is 7.11 Å². The molecule has 1 aromatic rings. The molecule has 0 saturated heterocycles. The van der Waals surface area contributed by atoms with Gasteiger partial charge in [-0.05, 0) is 12.2 Å². The summed E-state index contributed by atoms with van der Waals surface area (Å²) in [6, 6.07) is 0. The van der Waals surface area contributed by atoms with Gasteiger partial charge in [0.1, 0.15) is 0 Å². The highest BCUT2D eigenvalue weighted by Gasteiger charge is 2.39. The first kappa shape index (κ1) is 10.9. The van der Waals surface area contributed by atoms with Crippen molar-refractivity contribution in [3.8, 4) is 5.88 Å². The summed E-state index contributed by atoms with van der Waals surface area (Å²) in [5.74, 6) is -2.48. The van der Waals surface area contributed by atoms with Crippen molar-refractivity contribution in [2.24, 2.45) is 0 Å². The minimum Gasteiger partial charge on any atom is -0.480 e. The largest absolute Gasteiger partial charge is 0.480 e. The monoisotopic (exact) mass is 228 g/mol. The minimum absolute atomic E-state index is 0.410. The Morgan fingerprint density at radius 1 is 1.43 bits per heavy atom. The summed E-state index contributed by atoms with van der Waals surface area (Å²) in [7, 11) is 0.950. The van der Waals surface area contributed by atoms with Gasteiger partial charge in [-0.2, -0.15) is 22.5 Å². The molecular formula is C6H4F4N2OS. The van der Waals surface area contributed by atoms with E-state index < -0.39 is 28.3 Å². The van der Waals surface area contributed by atoms with Crippen molar-refractivity contribution < 1.29 is 22.3 Å². The van der Waals surface area contributed by atoms with Gasteiger partial charge in [0.25, 0.3) is 0 Å². The van der Waals surface area contributed by atoms with Gasteiger partial charge in [-0.3, -0.25) is 0 Å². The molecule has 78 valence electrons. The lowest BCUT2D eigenvalue weighted by Crippen LogP contribution is -2.13. The summed E-state index contributed by atoms with van der Waals surface area (Å²) in [5, 5.41) is 0. The quantitative estimate of drug-likeness (QED) is 0.455. The molecule has 0 spiro atoms. The molecule has 0 fully saturated rings. The molecule has 1 aromatic heterocycles. The molecule has 8 heteroatoms. The van der Waals surface area contributed by atoms with Crippen LogP contribution in [-0.2, 0) is 6.18 Å². The number of halogens is 4. The lowest BCUT2D eigenvalue weighted by Gasteiger charge is -2.10. The first-order chi connectivity index (χ1) is 6.36. The van der Waals surface area contributed by atoms with Crippen molar-refractivity contribution in [1.82, 2.24) is 9.97 Å². The molecular weight excluding hydrogens is 224 g/mol. The number of aromatic amines is 1. The highest BCUT2D eigenvalue weighted by atomic mass is 32.1. The van der Waals surface area contributed by atoms with Crippen molar-refractivity contribution in [2.75, 3.05) is 7.11 Å². The van der Waals surface area contributed by atoms with Crippen LogP contribution in [-0.4, -0.2) is 17.1 Å². The van der Waals surface area contributed by atoms with Gasteiger partial charge >= 0.3 is 6.18 Å². The average Bonchev–Trinajstić information content (AvgIpc) is 1.99. The summed E-state index contributed by atoms with van der Waals surface area (Å²) >= 11 is 4.38. The van der Waals surface area contributed by atoms with Crippen LogP contribution in [0.2, 0.25) is 0 Å². The number of aromatic nitrogens is 2. The first-order valence-corrected chi connectivity index (χ1v) is 3.68. The number of nitrogens with zero attached hydrogens (tertiary/aromatic N) is 1. The zero-order valence-corrected chi connectivity index (χ0v) is 7.59. The van der Waals surface area contributed by atoms with Crippen LogP contribution in [0.3, 0.4) is 0 Å². The fraction of sp³-hybridized carbons (Fsp3) is 0.333. The number of alkyl halides is 3. The SMILES string of the molecule is COc1nc(=S)[nH]c(F)c1C(F)(F)F. The second-order valence-corrected chi connectivity index (χ2v) is 2.62. The fourth-order valence-electron chi connectivity index (χ4n) is 0.820. The van der Waals surface area contributed by atoms with Crippen LogP contribution in [0.5, 0.6) is 5.88 Å². The molecule has 0 unspecified atom stereocenters. The predicted octanol–water partition coefficient (Wildman–Crippen LogP) is 2.31. The molecule has 0 amide bonds. The maximum absolute atomic E-state index is 12.8. The molecule has 1 N–H and O–H groups in total. The van der Waals surface area contributed by atoms with Crippen LogP contribution in [0.1, 0.15) is 5.56 Å². The summed E-state index contributed by atoms with van der Waals surface area (Å²) in [5.41, 5.74) is -1.59. The number of rotatable bonds is 1. The Bertz CT molecular complexity index is 400. The predicted molar refractivity (Wildman–Crippen MR) is 40.9 cm³/mol. The van der Waals surface area contributed by atoms with E-state index in [1.165, 1.54) is 0 Å². The van der Waals surface area contributed by atoms with Gasteiger partial charge in [0.05, 0.1) is 7.11 Å². The molecule has 0 aliphatic heterocycles. The molecule has 1 heterocycles. The third-order valence-electron chi connectivity index (χ3n) is 1.33. The van der Waals surface area contributed by atoms with Gasteiger partial charge in [0, 0.05) is 0 Å². The zero-order chi connectivity index (χ0) is 10.9. The summed E-state index contributed by atoms with van der Waals surface area (Å²) in [6.45, 7) is 0. The number of nitrogens with one attached hydrogen (secondary N) is 1. The van der Waals surface area contributed by atoms with Crippen LogP contribution in [0.4, 0.5) is 17.6 Å². The third-order valence-corrected chi connectivity index (χ3v) is 1.52. The van der Waals surface area contributed by atoms with E-state index >= 15 is 0 Å². The Hall–Kier alpha value is -1.18. The first-order valence-electron chi connectivity index (χ1n) is 3.27. The van der Waals surface area contributed by atoms with Gasteiger partial charge in [0.2, 0.25) is 16.6 Å². The highest BCUT2D eigenvalue weighted by molar-refractivity contribution is 7.71. The molecule has 1 rings (SSSR count). The van der Waals surface area contributed by atoms with Crippen molar-refractivity contribution in [1.29, 1.82) is 0 Å². The Morgan fingerprint density at radius 3 is 2.43 bits per heavy atom. The van der Waals surface area contributed by atoms with E-state index in [2.05, 4.69) is 21.9 Å². The van der Waals surface area contributed by atoms with E-state index in [1.54, 1.807) is 4.98 Å². The van der Waals surface area contributed by atoms with Gasteiger partial charge < -0.3 is 9.72 Å². The maximum atomic E-state index is 12.8. The van der Waals surface area contributed by atoms with Crippen LogP contribution in [0, 0.1) is 10.7 Å². The number of hydrogen-bond acceptors (Lipinski definition) is 3. The van der Waals surface area contributed by atoms with E-state index in [9.17, 15) is 17.6 Å². The molecule has 14 heavy (non-hydrogen) atoms. The third kappa shape index (κ3) is 2.00. The molecule has 0 atom stereocenters. The topological polar surface area (TPSA) is 37.9 Å². The molecule has 3 nitrogen and oxygen atoms in total. The molecule has 0 aromatic carbocycles. The Morgan fingerprint density at radius 2 is 2.00 bits per heavy atom. The Kier molecular flexibility index (Phi) is 2.74. The number of hydrogen-bond donors (Lipinski definition) is 1. The number of methoxy groups -OCH3 is 1. The van der Waals surface area contributed by atoms with E-state index in [4.69, 9.17) is 0 Å². The van der Waals surface area contributed by atoms with E-state index in [-0.39, 0.29) is 0 Å². The minimum atomic E-state index is -4.87. The zero-order valence-electron chi connectivity index (χ0n) is 6.78.